The Bertz CT molecular complexity index is 424. The van der Waals surface area contributed by atoms with Crippen LogP contribution in [-0.2, 0) is 11.3 Å². The van der Waals surface area contributed by atoms with Crippen LogP contribution in [0, 0.1) is 0 Å². The molecule has 0 aromatic heterocycles. The van der Waals surface area contributed by atoms with Crippen molar-refractivity contribution in [2.75, 3.05) is 13.1 Å². The number of rotatable bonds is 2. The summed E-state index contributed by atoms with van der Waals surface area (Å²) in [5, 5.41) is 3.25. The van der Waals surface area contributed by atoms with Gasteiger partial charge in [-0.25, -0.2) is 4.79 Å². The largest absolute Gasteiger partial charge is 0.489 e. The summed E-state index contributed by atoms with van der Waals surface area (Å²) in [5.74, 6) is 0.592. The zero-order chi connectivity index (χ0) is 11.0. The Morgan fingerprint density at radius 1 is 1.44 bits per heavy atom. The van der Waals surface area contributed by atoms with Crippen LogP contribution in [0.1, 0.15) is 22.3 Å². The number of carbonyl (C=O) groups is 1. The molecule has 0 aliphatic carbocycles. The van der Waals surface area contributed by atoms with Gasteiger partial charge in [-0.3, -0.25) is 0 Å². The second kappa shape index (κ2) is 3.79. The van der Waals surface area contributed by atoms with Gasteiger partial charge in [0, 0.05) is 12.1 Å². The molecule has 1 saturated heterocycles. The van der Waals surface area contributed by atoms with Gasteiger partial charge in [0.05, 0.1) is 5.56 Å². The topological polar surface area (TPSA) is 47.6 Å². The molecule has 2 heterocycles. The van der Waals surface area contributed by atoms with Gasteiger partial charge in [-0.1, -0.05) is 0 Å². The van der Waals surface area contributed by atoms with Crippen molar-refractivity contribution in [1.82, 2.24) is 5.32 Å². The minimum Gasteiger partial charge on any atom is -0.489 e. The maximum atomic E-state index is 11.2. The van der Waals surface area contributed by atoms with Crippen LogP contribution in [0.15, 0.2) is 18.2 Å². The number of carbonyl (C=O) groups excluding carboxylic acids is 1. The van der Waals surface area contributed by atoms with Gasteiger partial charge in [0.1, 0.15) is 18.5 Å². The third kappa shape index (κ3) is 1.65. The van der Waals surface area contributed by atoms with Crippen LogP contribution in [0.3, 0.4) is 0 Å². The third-order valence-electron chi connectivity index (χ3n) is 2.97. The minimum atomic E-state index is -0.232. The fourth-order valence-electron chi connectivity index (χ4n) is 2.10. The normalized spacial score (nSPS) is 23.0. The molecule has 1 fully saturated rings. The lowest BCUT2D eigenvalue weighted by atomic mass is 10.1. The molecule has 1 aromatic rings. The Kier molecular flexibility index (Phi) is 2.29. The SMILES string of the molecule is O=C1OCc2cc(OC3CCNC3)ccc21. The Balaban J connectivity index is 1.79. The molecular formula is C12H13NO3. The van der Waals surface area contributed by atoms with Crippen LogP contribution >= 0.6 is 0 Å². The lowest BCUT2D eigenvalue weighted by molar-refractivity contribution is 0.0535. The predicted octanol–water partition coefficient (Wildman–Crippen LogP) is 1.10. The molecule has 2 aliphatic heterocycles. The van der Waals surface area contributed by atoms with E-state index in [9.17, 15) is 4.79 Å². The smallest absolute Gasteiger partial charge is 0.338 e. The van der Waals surface area contributed by atoms with E-state index >= 15 is 0 Å². The van der Waals surface area contributed by atoms with Crippen LogP contribution < -0.4 is 10.1 Å². The molecule has 4 heteroatoms. The lowest BCUT2D eigenvalue weighted by Crippen LogP contribution is -2.19. The summed E-state index contributed by atoms with van der Waals surface area (Å²) >= 11 is 0. The van der Waals surface area contributed by atoms with Crippen molar-refractivity contribution in [3.63, 3.8) is 0 Å². The number of cyclic esters (lactones) is 1. The lowest BCUT2D eigenvalue weighted by Gasteiger charge is -2.12. The molecule has 0 spiro atoms. The summed E-state index contributed by atoms with van der Waals surface area (Å²) in [6.45, 7) is 2.28. The van der Waals surface area contributed by atoms with E-state index in [0.29, 0.717) is 12.2 Å². The molecule has 2 aliphatic rings. The maximum Gasteiger partial charge on any atom is 0.338 e. The molecule has 4 nitrogen and oxygen atoms in total. The molecule has 0 radical (unpaired) electrons. The van der Waals surface area contributed by atoms with Crippen LogP contribution in [0.25, 0.3) is 0 Å². The third-order valence-corrected chi connectivity index (χ3v) is 2.97. The first-order chi connectivity index (χ1) is 7.83. The van der Waals surface area contributed by atoms with E-state index in [1.165, 1.54) is 0 Å². The summed E-state index contributed by atoms with van der Waals surface area (Å²) < 4.78 is 10.7. The molecule has 3 rings (SSSR count). The first-order valence-corrected chi connectivity index (χ1v) is 5.50. The van der Waals surface area contributed by atoms with Gasteiger partial charge in [0.25, 0.3) is 0 Å². The zero-order valence-electron chi connectivity index (χ0n) is 8.86. The second-order valence-electron chi connectivity index (χ2n) is 4.13. The second-order valence-corrected chi connectivity index (χ2v) is 4.13. The highest BCUT2D eigenvalue weighted by molar-refractivity contribution is 5.93. The van der Waals surface area contributed by atoms with Gasteiger partial charge in [-0.15, -0.1) is 0 Å². The monoisotopic (exact) mass is 219 g/mol. The highest BCUT2D eigenvalue weighted by atomic mass is 16.5. The van der Waals surface area contributed by atoms with E-state index in [4.69, 9.17) is 9.47 Å². The first kappa shape index (κ1) is 9.66. The molecule has 84 valence electrons. The van der Waals surface area contributed by atoms with Gasteiger partial charge in [-0.2, -0.15) is 0 Å². The molecule has 1 unspecified atom stereocenters. The van der Waals surface area contributed by atoms with Crippen LogP contribution in [-0.4, -0.2) is 25.2 Å². The average molecular weight is 219 g/mol. The zero-order valence-corrected chi connectivity index (χ0v) is 8.86. The molecule has 0 saturated carbocycles. The molecule has 0 bridgehead atoms. The first-order valence-electron chi connectivity index (χ1n) is 5.50. The van der Waals surface area contributed by atoms with Gasteiger partial charge in [-0.05, 0) is 31.2 Å². The summed E-state index contributed by atoms with van der Waals surface area (Å²) in [4.78, 5) is 11.2. The van der Waals surface area contributed by atoms with Crippen LogP contribution in [0.5, 0.6) is 5.75 Å². The number of ether oxygens (including phenoxy) is 2. The van der Waals surface area contributed by atoms with Crippen molar-refractivity contribution in [1.29, 1.82) is 0 Å². The number of hydrogen-bond donors (Lipinski definition) is 1. The van der Waals surface area contributed by atoms with Gasteiger partial charge in [0.2, 0.25) is 0 Å². The molecule has 0 amide bonds. The van der Waals surface area contributed by atoms with E-state index in [-0.39, 0.29) is 12.1 Å². The molecule has 16 heavy (non-hydrogen) atoms. The molecule has 1 aromatic carbocycles. The number of esters is 1. The minimum absolute atomic E-state index is 0.232. The predicted molar refractivity (Wildman–Crippen MR) is 57.5 cm³/mol. The van der Waals surface area contributed by atoms with Gasteiger partial charge in [0.15, 0.2) is 0 Å². The summed E-state index contributed by atoms with van der Waals surface area (Å²) in [5.41, 5.74) is 1.59. The number of benzene rings is 1. The maximum absolute atomic E-state index is 11.2. The standard InChI is InChI=1S/C12H13NO3/c14-12-11-2-1-9(5-8(11)7-15-12)16-10-3-4-13-6-10/h1-2,5,10,13H,3-4,6-7H2. The van der Waals surface area contributed by atoms with E-state index in [0.717, 1.165) is 30.8 Å². The highest BCUT2D eigenvalue weighted by Gasteiger charge is 2.22. The molecular weight excluding hydrogens is 206 g/mol. The van der Waals surface area contributed by atoms with Crippen molar-refractivity contribution < 1.29 is 14.3 Å². The van der Waals surface area contributed by atoms with Crippen molar-refractivity contribution in [2.45, 2.75) is 19.1 Å². The average Bonchev–Trinajstić information content (AvgIpc) is 2.90. The number of fused-ring (bicyclic) bond motifs is 1. The van der Waals surface area contributed by atoms with Crippen LogP contribution in [0.2, 0.25) is 0 Å². The van der Waals surface area contributed by atoms with Crippen LogP contribution in [0.4, 0.5) is 0 Å². The Labute approximate surface area is 93.5 Å². The van der Waals surface area contributed by atoms with E-state index in [2.05, 4.69) is 5.32 Å². The Hall–Kier alpha value is -1.55. The van der Waals surface area contributed by atoms with E-state index in [1.54, 1.807) is 6.07 Å². The number of hydrogen-bond acceptors (Lipinski definition) is 4. The fourth-order valence-corrected chi connectivity index (χ4v) is 2.10. The Morgan fingerprint density at radius 2 is 2.38 bits per heavy atom. The van der Waals surface area contributed by atoms with E-state index in [1.807, 2.05) is 12.1 Å². The Morgan fingerprint density at radius 3 is 3.19 bits per heavy atom. The molecule has 1 atom stereocenters. The number of nitrogens with one attached hydrogen (secondary N) is 1. The van der Waals surface area contributed by atoms with Gasteiger partial charge < -0.3 is 14.8 Å². The van der Waals surface area contributed by atoms with Crippen molar-refractivity contribution >= 4 is 5.97 Å². The fraction of sp³-hybridized carbons (Fsp3) is 0.417. The summed E-state index contributed by atoms with van der Waals surface area (Å²) in [6.07, 6.45) is 1.28. The molecule has 1 N–H and O–H groups in total. The quantitative estimate of drug-likeness (QED) is 0.757. The highest BCUT2D eigenvalue weighted by Crippen LogP contribution is 2.25. The summed E-state index contributed by atoms with van der Waals surface area (Å²) in [6, 6.07) is 5.52. The van der Waals surface area contributed by atoms with Crippen molar-refractivity contribution in [2.24, 2.45) is 0 Å². The summed E-state index contributed by atoms with van der Waals surface area (Å²) in [7, 11) is 0. The van der Waals surface area contributed by atoms with E-state index < -0.39 is 0 Å². The van der Waals surface area contributed by atoms with Gasteiger partial charge >= 0.3 is 5.97 Å². The van der Waals surface area contributed by atoms with Crippen molar-refractivity contribution in [3.05, 3.63) is 29.3 Å². The van der Waals surface area contributed by atoms with Crippen molar-refractivity contribution in [3.8, 4) is 5.75 Å².